The fourth-order valence-electron chi connectivity index (χ4n) is 4.30. The minimum absolute atomic E-state index is 0.229. The fraction of sp³-hybridized carbons (Fsp3) is 0. The number of carbonyl (C=O) groups is 5. The summed E-state index contributed by atoms with van der Waals surface area (Å²) in [5.41, 5.74) is 2.00. The summed E-state index contributed by atoms with van der Waals surface area (Å²) in [7, 11) is -8.69. The van der Waals surface area contributed by atoms with E-state index in [2.05, 4.69) is 0 Å². The lowest BCUT2D eigenvalue weighted by atomic mass is 10.2. The molecule has 0 saturated heterocycles. The van der Waals surface area contributed by atoms with Crippen molar-refractivity contribution in [3.8, 4) is 28.7 Å². The Labute approximate surface area is 304 Å². The summed E-state index contributed by atoms with van der Waals surface area (Å²) in [6, 6.07) is 31.1. The molecule has 0 aromatic heterocycles. The third-order valence-corrected chi connectivity index (χ3v) is 14.5. The molecule has 262 valence electrons. The number of hydrogen-bond acceptors (Lipinski definition) is 13. The molecule has 0 radical (unpaired) electrons. The second-order valence-corrected chi connectivity index (χ2v) is 16.9. The average Bonchev–Trinajstić information content (AvgIpc) is 3.19. The number of halogens is 1. The van der Waals surface area contributed by atoms with E-state index in [-0.39, 0.29) is 23.0 Å². The van der Waals surface area contributed by atoms with Crippen molar-refractivity contribution in [2.75, 3.05) is 0 Å². The summed E-state index contributed by atoms with van der Waals surface area (Å²) in [4.78, 5) is 63.4. The molecule has 52 heavy (non-hydrogen) atoms. The third-order valence-electron chi connectivity index (χ3n) is 6.92. The van der Waals surface area contributed by atoms with E-state index in [1.165, 1.54) is 4.60 Å². The molecule has 6 rings (SSSR count). The van der Waals surface area contributed by atoms with Crippen LogP contribution in [-0.2, 0) is 0 Å². The lowest BCUT2D eigenvalue weighted by molar-refractivity contribution is 0.111. The minimum Gasteiger partial charge on any atom is -0.441 e. The van der Waals surface area contributed by atoms with E-state index >= 15 is 0 Å². The van der Waals surface area contributed by atoms with Gasteiger partial charge in [-0.3, -0.25) is 24.0 Å². The van der Waals surface area contributed by atoms with Gasteiger partial charge in [-0.1, -0.05) is 0 Å². The zero-order valence-corrected chi connectivity index (χ0v) is 30.0. The summed E-state index contributed by atoms with van der Waals surface area (Å²) in [6.45, 7) is 0. The average molecular weight is 776 g/mol. The Morgan fingerprint density at radius 1 is 0.481 bits per heavy atom. The standard InChI is InChI=1S/C35H25ClN3O10P3/c36-38-51(47-33-15-5-28(23-42)6-16-33)39(45-31-11-1-26(21-40)2-12-31)50(46-32-13-3-27(22-41)4-14-32)37-52(38,48-34-17-7-29(24-43)8-18-34)49-35-19-9-30(25-44)10-20-35/h1-25H. The molecule has 2 unspecified atom stereocenters. The fourth-order valence-corrected chi connectivity index (χ4v) is 12.3. The van der Waals surface area contributed by atoms with Gasteiger partial charge < -0.3 is 22.9 Å². The van der Waals surface area contributed by atoms with Crippen LogP contribution in [0.1, 0.15) is 51.8 Å². The van der Waals surface area contributed by atoms with Gasteiger partial charge in [0.05, 0.1) is 0 Å². The van der Waals surface area contributed by atoms with Crippen LogP contribution in [0.3, 0.4) is 0 Å². The van der Waals surface area contributed by atoms with Gasteiger partial charge in [0.2, 0.25) is 0 Å². The molecule has 1 aliphatic heterocycles. The molecule has 1 aliphatic rings. The maximum absolute atomic E-state index is 11.4. The highest BCUT2D eigenvalue weighted by Crippen LogP contribution is 2.78. The zero-order chi connectivity index (χ0) is 36.5. The Morgan fingerprint density at radius 3 is 1.17 bits per heavy atom. The van der Waals surface area contributed by atoms with Crippen LogP contribution < -0.4 is 22.9 Å². The molecule has 0 N–H and O–H groups in total. The normalized spacial score (nSPS) is 16.7. The van der Waals surface area contributed by atoms with Crippen molar-refractivity contribution in [1.29, 1.82) is 0 Å². The highest BCUT2D eigenvalue weighted by Gasteiger charge is 2.55. The van der Waals surface area contributed by atoms with Crippen LogP contribution in [-0.4, -0.2) is 40.0 Å². The largest absolute Gasteiger partial charge is 0.441 e. The summed E-state index contributed by atoms with van der Waals surface area (Å²) >= 11 is 7.27. The zero-order valence-electron chi connectivity index (χ0n) is 26.6. The van der Waals surface area contributed by atoms with Gasteiger partial charge in [0.25, 0.3) is 0 Å². The Bertz CT molecular complexity index is 2050. The van der Waals surface area contributed by atoms with Crippen LogP contribution in [0, 0.1) is 0 Å². The Kier molecular flexibility index (Phi) is 11.8. The van der Waals surface area contributed by atoms with Gasteiger partial charge in [-0.25, -0.2) is 0 Å². The Morgan fingerprint density at radius 2 is 0.808 bits per heavy atom. The Hall–Kier alpha value is -5.25. The summed E-state index contributed by atoms with van der Waals surface area (Å²) < 4.78 is 33.4. The van der Waals surface area contributed by atoms with E-state index in [4.69, 9.17) is 39.2 Å². The van der Waals surface area contributed by atoms with Crippen LogP contribution in [0.4, 0.5) is 0 Å². The first kappa shape index (κ1) is 36.5. The van der Waals surface area contributed by atoms with Crippen molar-refractivity contribution >= 4 is 67.8 Å². The van der Waals surface area contributed by atoms with Gasteiger partial charge in [-0.05, 0) is 137 Å². The molecule has 13 nitrogen and oxygen atoms in total. The first-order chi connectivity index (χ1) is 25.3. The predicted molar refractivity (Wildman–Crippen MR) is 195 cm³/mol. The minimum atomic E-state index is -3.97. The van der Waals surface area contributed by atoms with Crippen molar-refractivity contribution in [2.24, 2.45) is 4.52 Å². The van der Waals surface area contributed by atoms with Gasteiger partial charge in [0.1, 0.15) is 60.2 Å². The number of rotatable bonds is 15. The third kappa shape index (κ3) is 8.61. The van der Waals surface area contributed by atoms with Crippen molar-refractivity contribution in [3.05, 3.63) is 149 Å². The van der Waals surface area contributed by atoms with Gasteiger partial charge >= 0.3 is 24.6 Å². The summed E-state index contributed by atoms with van der Waals surface area (Å²) in [5, 5.41) is 0. The number of hydrogen-bond donors (Lipinski definition) is 0. The summed E-state index contributed by atoms with van der Waals surface area (Å²) in [6.07, 6.45) is 3.43. The van der Waals surface area contributed by atoms with Crippen molar-refractivity contribution in [2.45, 2.75) is 0 Å². The van der Waals surface area contributed by atoms with Crippen molar-refractivity contribution in [3.63, 3.8) is 0 Å². The molecule has 0 aliphatic carbocycles. The highest BCUT2D eigenvalue weighted by atomic mass is 35.5. The van der Waals surface area contributed by atoms with E-state index in [0.717, 1.165) is 3.96 Å². The summed E-state index contributed by atoms with van der Waals surface area (Å²) in [5.74, 6) is 1.30. The molecule has 0 saturated carbocycles. The van der Waals surface area contributed by atoms with Crippen LogP contribution in [0.5, 0.6) is 28.7 Å². The molecule has 0 amide bonds. The van der Waals surface area contributed by atoms with Gasteiger partial charge in [-0.2, -0.15) is 0 Å². The van der Waals surface area contributed by atoms with Crippen molar-refractivity contribution < 1.29 is 46.9 Å². The lowest BCUT2D eigenvalue weighted by Crippen LogP contribution is -2.31. The first-order valence-corrected chi connectivity index (χ1v) is 19.2. The van der Waals surface area contributed by atoms with E-state index in [1.54, 1.807) is 121 Å². The SMILES string of the molecule is O=Cc1ccc(ON2P(Oc3ccc(C=O)cc3)N=P(Oc3ccc(C=O)cc3)(Oc3ccc(C=O)cc3)N(Cl)P2Oc2ccc(C=O)cc2)cc1. The molecule has 5 aromatic rings. The van der Waals surface area contributed by atoms with Crippen molar-refractivity contribution in [1.82, 2.24) is 8.56 Å². The maximum atomic E-state index is 11.4. The molecule has 2 atom stereocenters. The number of aldehydes is 5. The van der Waals surface area contributed by atoms with Crippen LogP contribution in [0.25, 0.3) is 0 Å². The molecular weight excluding hydrogens is 751 g/mol. The number of carbonyl (C=O) groups excluding carboxylic acids is 5. The quantitative estimate of drug-likeness (QED) is 0.0566. The van der Waals surface area contributed by atoms with Gasteiger partial charge in [-0.15, -0.1) is 4.52 Å². The number of nitrogens with zero attached hydrogens (tertiary/aromatic N) is 3. The monoisotopic (exact) mass is 775 g/mol. The number of benzene rings is 5. The van der Waals surface area contributed by atoms with Gasteiger partial charge in [0, 0.05) is 32.4 Å². The van der Waals surface area contributed by atoms with Gasteiger partial charge in [0.15, 0.2) is 0 Å². The highest BCUT2D eigenvalue weighted by molar-refractivity contribution is 7.80. The molecular formula is C35H25ClN3O10P3. The smallest absolute Gasteiger partial charge is 0.427 e. The van der Waals surface area contributed by atoms with Crippen LogP contribution in [0.2, 0.25) is 0 Å². The molecule has 1 heterocycles. The Balaban J connectivity index is 1.53. The first-order valence-electron chi connectivity index (χ1n) is 15.0. The van der Waals surface area contributed by atoms with Crippen LogP contribution >= 0.6 is 36.3 Å². The second-order valence-electron chi connectivity index (χ2n) is 10.5. The second kappa shape index (κ2) is 16.8. The molecule has 5 aromatic carbocycles. The topological polar surface area (TPSA) is 150 Å². The van der Waals surface area contributed by atoms with E-state index in [0.29, 0.717) is 65.0 Å². The molecule has 17 heteroatoms. The molecule has 0 spiro atoms. The van der Waals surface area contributed by atoms with E-state index in [1.807, 2.05) is 0 Å². The lowest BCUT2D eigenvalue weighted by Gasteiger charge is -2.42. The molecule has 0 bridgehead atoms. The van der Waals surface area contributed by atoms with E-state index < -0.39 is 24.6 Å². The van der Waals surface area contributed by atoms with Crippen LogP contribution in [0.15, 0.2) is 126 Å². The predicted octanol–water partition coefficient (Wildman–Crippen LogP) is 9.53. The van der Waals surface area contributed by atoms with E-state index in [9.17, 15) is 24.0 Å². The maximum Gasteiger partial charge on any atom is 0.427 e. The molecule has 0 fully saturated rings.